The molecule has 0 bridgehead atoms. The van der Waals surface area contributed by atoms with E-state index in [1.165, 1.54) is 122 Å². The monoisotopic (exact) mass is 940 g/mol. The van der Waals surface area contributed by atoms with Crippen LogP contribution in [0, 0.1) is 0 Å². The minimum atomic E-state index is 1.14. The third-order valence-electron chi connectivity index (χ3n) is 15.0. The van der Waals surface area contributed by atoms with E-state index in [0.29, 0.717) is 0 Å². The molecule has 0 saturated carbocycles. The SMILES string of the molecule is c1ccc(-c2ccc(-n3c4ccccc4c4cc(-c5ccc6c(c5)c5ccccc5n6-c5ccc(-c6ccc(-c7ccc(-c8cccc(-c9cccc(-c%10ccccc%10)c9)c8)cc7)cc6)cc5)ccc43)cc2)cc1. The lowest BCUT2D eigenvalue weighted by atomic mass is 9.95. The zero-order valence-electron chi connectivity index (χ0n) is 40.6. The fourth-order valence-corrected chi connectivity index (χ4v) is 11.2. The van der Waals surface area contributed by atoms with Crippen LogP contribution in [0.1, 0.15) is 0 Å². The third-order valence-corrected chi connectivity index (χ3v) is 15.0. The maximum atomic E-state index is 2.41. The van der Waals surface area contributed by atoms with Gasteiger partial charge in [-0.05, 0) is 151 Å². The predicted octanol–water partition coefficient (Wildman–Crippen LogP) is 19.5. The van der Waals surface area contributed by atoms with E-state index in [1.54, 1.807) is 0 Å². The molecular weight excluding hydrogens is 893 g/mol. The molecule has 0 aliphatic rings. The summed E-state index contributed by atoms with van der Waals surface area (Å²) >= 11 is 0. The summed E-state index contributed by atoms with van der Waals surface area (Å²) < 4.78 is 4.80. The number of benzene rings is 12. The van der Waals surface area contributed by atoms with E-state index in [-0.39, 0.29) is 0 Å². The van der Waals surface area contributed by atoms with Gasteiger partial charge < -0.3 is 9.13 Å². The summed E-state index contributed by atoms with van der Waals surface area (Å²) in [6.07, 6.45) is 0. The quantitative estimate of drug-likeness (QED) is 0.136. The highest BCUT2D eigenvalue weighted by Crippen LogP contribution is 2.40. The molecule has 0 radical (unpaired) electrons. The Balaban J connectivity index is 0.721. The van der Waals surface area contributed by atoms with Crippen LogP contribution in [0.3, 0.4) is 0 Å². The van der Waals surface area contributed by atoms with E-state index in [2.05, 4.69) is 300 Å². The summed E-state index contributed by atoms with van der Waals surface area (Å²) in [5, 5.41) is 4.98. The van der Waals surface area contributed by atoms with Crippen molar-refractivity contribution in [2.75, 3.05) is 0 Å². The molecule has 14 rings (SSSR count). The second-order valence-corrected chi connectivity index (χ2v) is 19.3. The van der Waals surface area contributed by atoms with Gasteiger partial charge in [0.1, 0.15) is 0 Å². The van der Waals surface area contributed by atoms with Crippen molar-refractivity contribution in [3.05, 3.63) is 291 Å². The van der Waals surface area contributed by atoms with Crippen molar-refractivity contribution in [1.82, 2.24) is 9.13 Å². The smallest absolute Gasteiger partial charge is 0.0541 e. The second kappa shape index (κ2) is 18.1. The first-order valence-corrected chi connectivity index (χ1v) is 25.5. The van der Waals surface area contributed by atoms with Crippen LogP contribution < -0.4 is 0 Å². The number of nitrogens with zero attached hydrogens (tertiary/aromatic N) is 2. The standard InChI is InChI=1S/C72H48N2/c1-3-13-49(14-4-1)54-33-39-63(40-34-54)73-69-23-9-7-21-65(69)67-47-61(37-43-71(67)73)62-38-44-72-68(48-62)66-22-8-10-24-70(66)74(72)64-41-35-55(36-42-64)53-27-25-51(26-28-53)52-29-31-56(32-30-52)58-18-12-20-60(46-58)59-19-11-17-57(45-59)50-15-5-2-6-16-50/h1-48H. The average Bonchev–Trinajstić information content (AvgIpc) is 4.00. The summed E-state index contributed by atoms with van der Waals surface area (Å²) in [4.78, 5) is 0. The molecule has 0 fully saturated rings. The van der Waals surface area contributed by atoms with E-state index >= 15 is 0 Å². The fraction of sp³-hybridized carbons (Fsp3) is 0. The van der Waals surface area contributed by atoms with Crippen LogP contribution in [0.4, 0.5) is 0 Å². The maximum Gasteiger partial charge on any atom is 0.0541 e. The molecule has 0 spiro atoms. The van der Waals surface area contributed by atoms with Gasteiger partial charge in [0.25, 0.3) is 0 Å². The molecule has 0 unspecified atom stereocenters. The number of aromatic nitrogens is 2. The average molecular weight is 941 g/mol. The van der Waals surface area contributed by atoms with Crippen LogP contribution in [-0.2, 0) is 0 Å². The summed E-state index contributed by atoms with van der Waals surface area (Å²) in [7, 11) is 0. The van der Waals surface area contributed by atoms with Gasteiger partial charge in [-0.3, -0.25) is 0 Å². The molecule has 2 nitrogen and oxygen atoms in total. The van der Waals surface area contributed by atoms with Crippen molar-refractivity contribution in [3.63, 3.8) is 0 Å². The topological polar surface area (TPSA) is 9.86 Å². The van der Waals surface area contributed by atoms with Gasteiger partial charge in [-0.2, -0.15) is 0 Å². The molecule has 0 aliphatic heterocycles. The molecule has 12 aromatic carbocycles. The van der Waals surface area contributed by atoms with Gasteiger partial charge in [0.05, 0.1) is 22.1 Å². The van der Waals surface area contributed by atoms with Crippen LogP contribution >= 0.6 is 0 Å². The Kier molecular flexibility index (Phi) is 10.6. The molecular formula is C72H48N2. The Morgan fingerprint density at radius 1 is 0.149 bits per heavy atom. The molecule has 2 aromatic heterocycles. The van der Waals surface area contributed by atoms with Crippen molar-refractivity contribution in [3.8, 4) is 89.3 Å². The van der Waals surface area contributed by atoms with Gasteiger partial charge in [-0.15, -0.1) is 0 Å². The summed E-state index contributed by atoms with van der Waals surface area (Å²) in [5.41, 5.74) is 24.0. The van der Waals surface area contributed by atoms with E-state index in [0.717, 1.165) is 11.4 Å². The Bertz CT molecular complexity index is 4350. The number of para-hydroxylation sites is 2. The first-order valence-electron chi connectivity index (χ1n) is 25.5. The highest BCUT2D eigenvalue weighted by atomic mass is 15.0. The lowest BCUT2D eigenvalue weighted by Gasteiger charge is -2.11. The van der Waals surface area contributed by atoms with Crippen LogP contribution in [-0.4, -0.2) is 9.13 Å². The van der Waals surface area contributed by atoms with Crippen molar-refractivity contribution in [1.29, 1.82) is 0 Å². The Morgan fingerprint density at radius 3 is 0.784 bits per heavy atom. The first-order chi connectivity index (χ1) is 36.7. The molecule has 0 atom stereocenters. The first kappa shape index (κ1) is 43.1. The van der Waals surface area contributed by atoms with Crippen molar-refractivity contribution >= 4 is 43.6 Å². The lowest BCUT2D eigenvalue weighted by molar-refractivity contribution is 1.18. The molecule has 0 amide bonds. The van der Waals surface area contributed by atoms with E-state index in [4.69, 9.17) is 0 Å². The largest absolute Gasteiger partial charge is 0.309 e. The summed E-state index contributed by atoms with van der Waals surface area (Å²) in [6.45, 7) is 0. The van der Waals surface area contributed by atoms with Gasteiger partial charge >= 0.3 is 0 Å². The van der Waals surface area contributed by atoms with Gasteiger partial charge in [0.15, 0.2) is 0 Å². The summed E-state index contributed by atoms with van der Waals surface area (Å²) in [5.74, 6) is 0. The zero-order valence-corrected chi connectivity index (χ0v) is 40.6. The maximum absolute atomic E-state index is 2.41. The van der Waals surface area contributed by atoms with Gasteiger partial charge in [-0.1, -0.05) is 218 Å². The van der Waals surface area contributed by atoms with Crippen LogP contribution in [0.15, 0.2) is 291 Å². The number of hydrogen-bond acceptors (Lipinski definition) is 0. The van der Waals surface area contributed by atoms with Crippen molar-refractivity contribution in [2.24, 2.45) is 0 Å². The van der Waals surface area contributed by atoms with Crippen LogP contribution in [0.2, 0.25) is 0 Å². The van der Waals surface area contributed by atoms with Crippen LogP contribution in [0.25, 0.3) is 133 Å². The molecule has 14 aromatic rings. The number of fused-ring (bicyclic) bond motifs is 6. The molecule has 2 heteroatoms. The molecule has 74 heavy (non-hydrogen) atoms. The van der Waals surface area contributed by atoms with Gasteiger partial charge in [0.2, 0.25) is 0 Å². The van der Waals surface area contributed by atoms with E-state index in [9.17, 15) is 0 Å². The highest BCUT2D eigenvalue weighted by Gasteiger charge is 2.17. The zero-order chi connectivity index (χ0) is 49.0. The molecule has 0 aliphatic carbocycles. The predicted molar refractivity (Wildman–Crippen MR) is 313 cm³/mol. The third kappa shape index (κ3) is 7.69. The van der Waals surface area contributed by atoms with Crippen molar-refractivity contribution in [2.45, 2.75) is 0 Å². The molecule has 0 saturated heterocycles. The Morgan fingerprint density at radius 2 is 0.392 bits per heavy atom. The fourth-order valence-electron chi connectivity index (χ4n) is 11.2. The molecule has 346 valence electrons. The van der Waals surface area contributed by atoms with E-state index in [1.807, 2.05) is 0 Å². The number of hydrogen-bond donors (Lipinski definition) is 0. The second-order valence-electron chi connectivity index (χ2n) is 19.3. The molecule has 2 heterocycles. The normalized spacial score (nSPS) is 11.5. The minimum Gasteiger partial charge on any atom is -0.309 e. The Hall–Kier alpha value is -9.76. The lowest BCUT2D eigenvalue weighted by Crippen LogP contribution is -1.94. The number of rotatable bonds is 9. The van der Waals surface area contributed by atoms with Crippen LogP contribution in [0.5, 0.6) is 0 Å². The van der Waals surface area contributed by atoms with Gasteiger partial charge in [-0.25, -0.2) is 0 Å². The summed E-state index contributed by atoms with van der Waals surface area (Å²) in [6, 6.07) is 106. The van der Waals surface area contributed by atoms with Gasteiger partial charge in [0, 0.05) is 32.9 Å². The van der Waals surface area contributed by atoms with Crippen molar-refractivity contribution < 1.29 is 0 Å². The highest BCUT2D eigenvalue weighted by molar-refractivity contribution is 6.12. The minimum absolute atomic E-state index is 1.14. The molecule has 0 N–H and O–H groups in total. The Labute approximate surface area is 431 Å². The van der Waals surface area contributed by atoms with E-state index < -0.39 is 0 Å².